The number of nitrogens with zero attached hydrogens (tertiary/aromatic N) is 2. The van der Waals surface area contributed by atoms with Gasteiger partial charge in [0.2, 0.25) is 0 Å². The van der Waals surface area contributed by atoms with Crippen LogP contribution in [0.2, 0.25) is 0 Å². The molecule has 0 spiro atoms. The SMILES string of the molecule is COCC(Nc1cc(C)cnn1)C(C)C. The molecule has 0 amide bonds. The van der Waals surface area contributed by atoms with Crippen LogP contribution in [0.5, 0.6) is 0 Å². The van der Waals surface area contributed by atoms with E-state index in [1.54, 1.807) is 13.3 Å². The van der Waals surface area contributed by atoms with Crippen LogP contribution < -0.4 is 5.32 Å². The minimum Gasteiger partial charge on any atom is -0.383 e. The predicted molar refractivity (Wildman–Crippen MR) is 60.9 cm³/mol. The molecule has 0 saturated heterocycles. The number of ether oxygens (including phenoxy) is 1. The van der Waals surface area contributed by atoms with Gasteiger partial charge in [0.05, 0.1) is 18.8 Å². The summed E-state index contributed by atoms with van der Waals surface area (Å²) < 4.78 is 5.16. The molecule has 1 aromatic rings. The molecule has 84 valence electrons. The highest BCUT2D eigenvalue weighted by molar-refractivity contribution is 5.36. The first-order valence-corrected chi connectivity index (χ1v) is 5.18. The van der Waals surface area contributed by atoms with E-state index in [1.807, 2.05) is 13.0 Å². The lowest BCUT2D eigenvalue weighted by Crippen LogP contribution is -2.30. The van der Waals surface area contributed by atoms with Gasteiger partial charge in [-0.25, -0.2) is 0 Å². The van der Waals surface area contributed by atoms with Gasteiger partial charge in [0, 0.05) is 7.11 Å². The largest absolute Gasteiger partial charge is 0.383 e. The Morgan fingerprint density at radius 2 is 2.20 bits per heavy atom. The van der Waals surface area contributed by atoms with Gasteiger partial charge in [0.15, 0.2) is 0 Å². The zero-order valence-corrected chi connectivity index (χ0v) is 9.82. The molecule has 1 heterocycles. The number of aromatic nitrogens is 2. The summed E-state index contributed by atoms with van der Waals surface area (Å²) in [5, 5.41) is 11.3. The molecular formula is C11H19N3O. The summed E-state index contributed by atoms with van der Waals surface area (Å²) in [5.74, 6) is 1.30. The lowest BCUT2D eigenvalue weighted by molar-refractivity contribution is 0.171. The maximum atomic E-state index is 5.16. The zero-order chi connectivity index (χ0) is 11.3. The summed E-state index contributed by atoms with van der Waals surface area (Å²) in [6, 6.07) is 2.25. The van der Waals surface area contributed by atoms with Crippen LogP contribution in [0, 0.1) is 12.8 Å². The molecule has 4 heteroatoms. The molecule has 1 N–H and O–H groups in total. The first-order valence-electron chi connectivity index (χ1n) is 5.18. The number of anilines is 1. The second-order valence-corrected chi connectivity index (χ2v) is 4.07. The molecule has 15 heavy (non-hydrogen) atoms. The fourth-order valence-corrected chi connectivity index (χ4v) is 1.30. The van der Waals surface area contributed by atoms with Crippen molar-refractivity contribution < 1.29 is 4.74 Å². The molecule has 0 saturated carbocycles. The van der Waals surface area contributed by atoms with Gasteiger partial charge in [-0.1, -0.05) is 13.8 Å². The molecule has 1 aromatic heterocycles. The van der Waals surface area contributed by atoms with Gasteiger partial charge in [-0.3, -0.25) is 0 Å². The summed E-state index contributed by atoms with van der Waals surface area (Å²) in [6.07, 6.45) is 1.74. The van der Waals surface area contributed by atoms with Crippen molar-refractivity contribution >= 4 is 5.82 Å². The average molecular weight is 209 g/mol. The Balaban J connectivity index is 2.65. The number of hydrogen-bond donors (Lipinski definition) is 1. The lowest BCUT2D eigenvalue weighted by atomic mass is 10.1. The number of rotatable bonds is 5. The molecule has 0 aromatic carbocycles. The standard InChI is InChI=1S/C11H19N3O/c1-8(2)10(7-15-4)13-11-5-9(3)6-12-14-11/h5-6,8,10H,7H2,1-4H3,(H,13,14). The third kappa shape index (κ3) is 3.83. The maximum Gasteiger partial charge on any atom is 0.149 e. The first kappa shape index (κ1) is 11.9. The van der Waals surface area contributed by atoms with Crippen LogP contribution in [0.3, 0.4) is 0 Å². The van der Waals surface area contributed by atoms with Crippen molar-refractivity contribution in [2.75, 3.05) is 19.0 Å². The van der Waals surface area contributed by atoms with Gasteiger partial charge >= 0.3 is 0 Å². The van der Waals surface area contributed by atoms with Crippen molar-refractivity contribution in [2.24, 2.45) is 5.92 Å². The monoisotopic (exact) mass is 209 g/mol. The topological polar surface area (TPSA) is 47.0 Å². The fourth-order valence-electron chi connectivity index (χ4n) is 1.30. The van der Waals surface area contributed by atoms with Crippen LogP contribution in [-0.4, -0.2) is 30.0 Å². The Kier molecular flexibility index (Phi) is 4.49. The van der Waals surface area contributed by atoms with Gasteiger partial charge in [-0.15, -0.1) is 5.10 Å². The second-order valence-electron chi connectivity index (χ2n) is 4.07. The van der Waals surface area contributed by atoms with E-state index in [0.29, 0.717) is 12.5 Å². The zero-order valence-electron chi connectivity index (χ0n) is 9.82. The van der Waals surface area contributed by atoms with Gasteiger partial charge in [0.1, 0.15) is 5.82 Å². The number of aryl methyl sites for hydroxylation is 1. The van der Waals surface area contributed by atoms with E-state index in [2.05, 4.69) is 29.4 Å². The summed E-state index contributed by atoms with van der Waals surface area (Å²) in [5.41, 5.74) is 1.10. The highest BCUT2D eigenvalue weighted by Crippen LogP contribution is 2.10. The van der Waals surface area contributed by atoms with Crippen molar-refractivity contribution in [1.29, 1.82) is 0 Å². The quantitative estimate of drug-likeness (QED) is 0.804. The van der Waals surface area contributed by atoms with Crippen molar-refractivity contribution in [2.45, 2.75) is 26.8 Å². The highest BCUT2D eigenvalue weighted by Gasteiger charge is 2.13. The molecule has 0 aliphatic heterocycles. The molecule has 1 rings (SSSR count). The van der Waals surface area contributed by atoms with Crippen LogP contribution in [0.15, 0.2) is 12.3 Å². The van der Waals surface area contributed by atoms with Gasteiger partial charge < -0.3 is 10.1 Å². The third-order valence-corrected chi connectivity index (χ3v) is 2.28. The summed E-state index contributed by atoms with van der Waals surface area (Å²) in [6.45, 7) is 6.98. The molecule has 0 bridgehead atoms. The van der Waals surface area contributed by atoms with Crippen molar-refractivity contribution in [3.63, 3.8) is 0 Å². The van der Waals surface area contributed by atoms with Gasteiger partial charge in [-0.05, 0) is 24.5 Å². The lowest BCUT2D eigenvalue weighted by Gasteiger charge is -2.21. The summed E-state index contributed by atoms with van der Waals surface area (Å²) in [4.78, 5) is 0. The molecule has 4 nitrogen and oxygen atoms in total. The minimum atomic E-state index is 0.270. The van der Waals surface area contributed by atoms with Crippen LogP contribution in [0.1, 0.15) is 19.4 Å². The summed E-state index contributed by atoms with van der Waals surface area (Å²) in [7, 11) is 1.71. The smallest absolute Gasteiger partial charge is 0.149 e. The predicted octanol–water partition coefficient (Wildman–Crippen LogP) is 1.87. The van der Waals surface area contributed by atoms with E-state index in [1.165, 1.54) is 0 Å². The Morgan fingerprint density at radius 1 is 1.47 bits per heavy atom. The van der Waals surface area contributed by atoms with E-state index in [-0.39, 0.29) is 6.04 Å². The van der Waals surface area contributed by atoms with Gasteiger partial charge in [-0.2, -0.15) is 5.10 Å². The van der Waals surface area contributed by atoms with Crippen LogP contribution in [0.25, 0.3) is 0 Å². The van der Waals surface area contributed by atoms with Crippen molar-refractivity contribution in [3.05, 3.63) is 17.8 Å². The number of nitrogens with one attached hydrogen (secondary N) is 1. The number of hydrogen-bond acceptors (Lipinski definition) is 4. The minimum absolute atomic E-state index is 0.270. The maximum absolute atomic E-state index is 5.16. The molecule has 0 radical (unpaired) electrons. The molecule has 1 atom stereocenters. The van der Waals surface area contributed by atoms with E-state index in [9.17, 15) is 0 Å². The van der Waals surface area contributed by atoms with Gasteiger partial charge in [0.25, 0.3) is 0 Å². The third-order valence-electron chi connectivity index (χ3n) is 2.28. The van der Waals surface area contributed by atoms with E-state index in [4.69, 9.17) is 4.74 Å². The Bertz CT molecular complexity index is 302. The van der Waals surface area contributed by atoms with Crippen LogP contribution in [-0.2, 0) is 4.74 Å². The van der Waals surface area contributed by atoms with Crippen molar-refractivity contribution in [1.82, 2.24) is 10.2 Å². The summed E-state index contributed by atoms with van der Waals surface area (Å²) >= 11 is 0. The normalized spacial score (nSPS) is 12.9. The van der Waals surface area contributed by atoms with E-state index >= 15 is 0 Å². The van der Waals surface area contributed by atoms with Crippen LogP contribution in [0.4, 0.5) is 5.82 Å². The van der Waals surface area contributed by atoms with E-state index in [0.717, 1.165) is 11.4 Å². The number of methoxy groups -OCH3 is 1. The molecule has 0 fully saturated rings. The first-order chi connectivity index (χ1) is 7.13. The Labute approximate surface area is 91.1 Å². The molecule has 0 aliphatic carbocycles. The molecule has 0 aliphatic rings. The van der Waals surface area contributed by atoms with E-state index < -0.39 is 0 Å². The molecular weight excluding hydrogens is 190 g/mol. The second kappa shape index (κ2) is 5.66. The van der Waals surface area contributed by atoms with Crippen LogP contribution >= 0.6 is 0 Å². The molecule has 1 unspecified atom stereocenters. The Hall–Kier alpha value is -1.16. The highest BCUT2D eigenvalue weighted by atomic mass is 16.5. The van der Waals surface area contributed by atoms with Crippen molar-refractivity contribution in [3.8, 4) is 0 Å². The Morgan fingerprint density at radius 3 is 2.73 bits per heavy atom. The average Bonchev–Trinajstić information content (AvgIpc) is 2.17. The fraction of sp³-hybridized carbons (Fsp3) is 0.636.